The lowest BCUT2D eigenvalue weighted by Crippen LogP contribution is -2.25. The second-order valence-corrected chi connectivity index (χ2v) is 6.34. The summed E-state index contributed by atoms with van der Waals surface area (Å²) in [5.74, 6) is 1.82. The lowest BCUT2D eigenvalue weighted by Gasteiger charge is -2.12. The SMILES string of the molecule is O=C(CCc1ccc(-c2ccccc2)o1)NCCC1=CCCCC1. The minimum absolute atomic E-state index is 0.101. The smallest absolute Gasteiger partial charge is 0.220 e. The molecule has 1 aromatic heterocycles. The summed E-state index contributed by atoms with van der Waals surface area (Å²) in [6.07, 6.45) is 9.44. The van der Waals surface area contributed by atoms with E-state index in [0.29, 0.717) is 12.8 Å². The van der Waals surface area contributed by atoms with E-state index >= 15 is 0 Å². The third-order valence-electron chi connectivity index (χ3n) is 4.47. The lowest BCUT2D eigenvalue weighted by molar-refractivity contribution is -0.121. The van der Waals surface area contributed by atoms with Gasteiger partial charge in [0.1, 0.15) is 11.5 Å². The maximum absolute atomic E-state index is 12.0. The molecule has 1 aliphatic rings. The highest BCUT2D eigenvalue weighted by molar-refractivity contribution is 5.76. The first-order valence-corrected chi connectivity index (χ1v) is 8.90. The molecule has 0 saturated heterocycles. The molecule has 1 heterocycles. The first-order valence-electron chi connectivity index (χ1n) is 8.90. The summed E-state index contributed by atoms with van der Waals surface area (Å²) in [7, 11) is 0. The molecule has 0 saturated carbocycles. The molecule has 0 fully saturated rings. The molecule has 3 rings (SSSR count). The monoisotopic (exact) mass is 323 g/mol. The van der Waals surface area contributed by atoms with Crippen LogP contribution in [0.5, 0.6) is 0 Å². The number of nitrogens with one attached hydrogen (secondary N) is 1. The molecule has 1 aromatic carbocycles. The summed E-state index contributed by atoms with van der Waals surface area (Å²) >= 11 is 0. The third-order valence-corrected chi connectivity index (χ3v) is 4.47. The van der Waals surface area contributed by atoms with Gasteiger partial charge in [-0.05, 0) is 44.2 Å². The van der Waals surface area contributed by atoms with Crippen LogP contribution in [0.2, 0.25) is 0 Å². The van der Waals surface area contributed by atoms with Crippen LogP contribution in [0.4, 0.5) is 0 Å². The number of allylic oxidation sites excluding steroid dienone is 1. The Balaban J connectivity index is 1.40. The van der Waals surface area contributed by atoms with Gasteiger partial charge in [-0.1, -0.05) is 42.0 Å². The molecule has 0 spiro atoms. The van der Waals surface area contributed by atoms with Gasteiger partial charge in [0.2, 0.25) is 5.91 Å². The van der Waals surface area contributed by atoms with E-state index < -0.39 is 0 Å². The Bertz CT molecular complexity index is 685. The van der Waals surface area contributed by atoms with E-state index in [1.54, 1.807) is 0 Å². The van der Waals surface area contributed by atoms with E-state index in [1.165, 1.54) is 31.3 Å². The van der Waals surface area contributed by atoms with Crippen molar-refractivity contribution in [1.29, 1.82) is 0 Å². The molecule has 3 nitrogen and oxygen atoms in total. The quantitative estimate of drug-likeness (QED) is 0.737. The molecule has 24 heavy (non-hydrogen) atoms. The molecular formula is C21H25NO2. The minimum atomic E-state index is 0.101. The number of benzene rings is 1. The highest BCUT2D eigenvalue weighted by Crippen LogP contribution is 2.22. The standard InChI is InChI=1S/C21H25NO2/c23-21(22-16-15-17-7-3-1-4-8-17)14-12-19-11-13-20(24-19)18-9-5-2-6-10-18/h2,5-7,9-11,13H,1,3-4,8,12,14-16H2,(H,22,23). The molecule has 0 atom stereocenters. The van der Waals surface area contributed by atoms with Gasteiger partial charge in [0.05, 0.1) is 0 Å². The van der Waals surface area contributed by atoms with Gasteiger partial charge in [-0.2, -0.15) is 0 Å². The molecular weight excluding hydrogens is 298 g/mol. The molecule has 2 aromatic rings. The van der Waals surface area contributed by atoms with Gasteiger partial charge in [-0.25, -0.2) is 0 Å². The lowest BCUT2D eigenvalue weighted by atomic mass is 9.97. The summed E-state index contributed by atoms with van der Waals surface area (Å²) in [6.45, 7) is 0.748. The van der Waals surface area contributed by atoms with Crippen LogP contribution in [0.1, 0.15) is 44.3 Å². The van der Waals surface area contributed by atoms with Crippen LogP contribution >= 0.6 is 0 Å². The van der Waals surface area contributed by atoms with E-state index in [1.807, 2.05) is 42.5 Å². The van der Waals surface area contributed by atoms with Crippen molar-refractivity contribution in [1.82, 2.24) is 5.32 Å². The highest BCUT2D eigenvalue weighted by Gasteiger charge is 2.08. The number of rotatable bonds is 7. The molecule has 0 aliphatic heterocycles. The molecule has 0 bridgehead atoms. The summed E-state index contributed by atoms with van der Waals surface area (Å²) in [5.41, 5.74) is 2.56. The van der Waals surface area contributed by atoms with Crippen LogP contribution in [0.3, 0.4) is 0 Å². The Kier molecular flexibility index (Phi) is 5.89. The molecule has 0 unspecified atom stereocenters. The van der Waals surface area contributed by atoms with Crippen molar-refractivity contribution >= 4 is 5.91 Å². The van der Waals surface area contributed by atoms with Gasteiger partial charge in [-0.3, -0.25) is 4.79 Å². The zero-order valence-electron chi connectivity index (χ0n) is 14.1. The minimum Gasteiger partial charge on any atom is -0.461 e. The van der Waals surface area contributed by atoms with Crippen LogP contribution in [-0.2, 0) is 11.2 Å². The second-order valence-electron chi connectivity index (χ2n) is 6.34. The van der Waals surface area contributed by atoms with Gasteiger partial charge in [0.15, 0.2) is 0 Å². The second kappa shape index (κ2) is 8.53. The van der Waals surface area contributed by atoms with Crippen LogP contribution in [-0.4, -0.2) is 12.5 Å². The molecule has 0 radical (unpaired) electrons. The number of furan rings is 1. The maximum Gasteiger partial charge on any atom is 0.220 e. The fraction of sp³-hybridized carbons (Fsp3) is 0.381. The average molecular weight is 323 g/mol. The fourth-order valence-corrected chi connectivity index (χ4v) is 3.09. The van der Waals surface area contributed by atoms with Gasteiger partial charge < -0.3 is 9.73 Å². The third kappa shape index (κ3) is 4.85. The Morgan fingerprint density at radius 3 is 2.71 bits per heavy atom. The van der Waals surface area contributed by atoms with E-state index in [-0.39, 0.29) is 5.91 Å². The van der Waals surface area contributed by atoms with Crippen molar-refractivity contribution in [2.24, 2.45) is 0 Å². The van der Waals surface area contributed by atoms with Crippen LogP contribution in [0.25, 0.3) is 11.3 Å². The fourth-order valence-electron chi connectivity index (χ4n) is 3.09. The molecule has 126 valence electrons. The van der Waals surface area contributed by atoms with Crippen LogP contribution in [0, 0.1) is 0 Å². The van der Waals surface area contributed by atoms with Crippen molar-refractivity contribution in [3.8, 4) is 11.3 Å². The largest absolute Gasteiger partial charge is 0.461 e. The Hall–Kier alpha value is -2.29. The number of aryl methyl sites for hydroxylation is 1. The topological polar surface area (TPSA) is 42.2 Å². The number of carbonyl (C=O) groups is 1. The van der Waals surface area contributed by atoms with Gasteiger partial charge in [0, 0.05) is 24.9 Å². The number of hydrogen-bond donors (Lipinski definition) is 1. The van der Waals surface area contributed by atoms with Crippen LogP contribution < -0.4 is 5.32 Å². The summed E-state index contributed by atoms with van der Waals surface area (Å²) in [6, 6.07) is 14.0. The van der Waals surface area contributed by atoms with E-state index in [4.69, 9.17) is 4.42 Å². The van der Waals surface area contributed by atoms with E-state index in [2.05, 4.69) is 11.4 Å². The van der Waals surface area contributed by atoms with Gasteiger partial charge >= 0.3 is 0 Å². The predicted octanol–water partition coefficient (Wildman–Crippen LogP) is 4.89. The Morgan fingerprint density at radius 1 is 1.04 bits per heavy atom. The average Bonchev–Trinajstić information content (AvgIpc) is 3.11. The molecule has 1 N–H and O–H groups in total. The van der Waals surface area contributed by atoms with E-state index in [0.717, 1.165) is 30.0 Å². The zero-order valence-corrected chi connectivity index (χ0v) is 14.1. The summed E-state index contributed by atoms with van der Waals surface area (Å²) in [5, 5.41) is 3.02. The highest BCUT2D eigenvalue weighted by atomic mass is 16.3. The number of hydrogen-bond acceptors (Lipinski definition) is 2. The predicted molar refractivity (Wildman–Crippen MR) is 96.6 cm³/mol. The first kappa shape index (κ1) is 16.6. The van der Waals surface area contributed by atoms with Gasteiger partial charge in [-0.15, -0.1) is 0 Å². The Morgan fingerprint density at radius 2 is 1.92 bits per heavy atom. The maximum atomic E-state index is 12.0. The normalized spacial score (nSPS) is 14.2. The van der Waals surface area contributed by atoms with Crippen LogP contribution in [0.15, 0.2) is 58.5 Å². The van der Waals surface area contributed by atoms with Gasteiger partial charge in [0.25, 0.3) is 0 Å². The van der Waals surface area contributed by atoms with Crippen molar-refractivity contribution < 1.29 is 9.21 Å². The summed E-state index contributed by atoms with van der Waals surface area (Å²) in [4.78, 5) is 12.0. The number of carbonyl (C=O) groups excluding carboxylic acids is 1. The molecule has 1 amide bonds. The van der Waals surface area contributed by atoms with Crippen molar-refractivity contribution in [3.63, 3.8) is 0 Å². The van der Waals surface area contributed by atoms with Crippen molar-refractivity contribution in [2.75, 3.05) is 6.54 Å². The van der Waals surface area contributed by atoms with Crippen molar-refractivity contribution in [3.05, 3.63) is 59.9 Å². The molecule has 1 aliphatic carbocycles. The Labute approximate surface area is 143 Å². The number of amides is 1. The van der Waals surface area contributed by atoms with E-state index in [9.17, 15) is 4.79 Å². The molecule has 3 heteroatoms. The zero-order chi connectivity index (χ0) is 16.6. The summed E-state index contributed by atoms with van der Waals surface area (Å²) < 4.78 is 5.83. The van der Waals surface area contributed by atoms with Crippen molar-refractivity contribution in [2.45, 2.75) is 44.9 Å². The first-order chi connectivity index (χ1) is 11.8.